The topological polar surface area (TPSA) is 73.1 Å². The van der Waals surface area contributed by atoms with Gasteiger partial charge in [-0.2, -0.15) is 0 Å². The lowest BCUT2D eigenvalue weighted by Crippen LogP contribution is -2.45. The van der Waals surface area contributed by atoms with Crippen LogP contribution in [0.2, 0.25) is 0 Å². The Hall–Kier alpha value is -3.15. The zero-order valence-corrected chi connectivity index (χ0v) is 16.3. The van der Waals surface area contributed by atoms with E-state index in [1.54, 1.807) is 6.07 Å². The van der Waals surface area contributed by atoms with Crippen LogP contribution in [0.15, 0.2) is 64.2 Å². The highest BCUT2D eigenvalue weighted by molar-refractivity contribution is 5.80. The first-order chi connectivity index (χ1) is 14.1. The summed E-state index contributed by atoms with van der Waals surface area (Å²) in [5.41, 5.74) is 0.890. The summed E-state index contributed by atoms with van der Waals surface area (Å²) >= 11 is 0. The molecule has 6 heteroatoms. The Morgan fingerprint density at radius 2 is 1.41 bits per heavy atom. The van der Waals surface area contributed by atoms with Gasteiger partial charge in [-0.25, -0.2) is 0 Å². The van der Waals surface area contributed by atoms with Crippen molar-refractivity contribution >= 4 is 16.9 Å². The molecule has 1 aromatic heterocycles. The number of nitrogens with one attached hydrogen (secondary N) is 1. The van der Waals surface area contributed by atoms with Crippen LogP contribution in [0.4, 0.5) is 0 Å². The monoisotopic (exact) mass is 391 g/mol. The number of fused-ring (bicyclic) bond motifs is 1. The Balaban J connectivity index is 1.69. The van der Waals surface area contributed by atoms with Gasteiger partial charge in [0.1, 0.15) is 6.54 Å². The minimum atomic E-state index is -0.668. The summed E-state index contributed by atoms with van der Waals surface area (Å²) < 4.78 is 2.79. The Bertz CT molecular complexity index is 1130. The van der Waals surface area contributed by atoms with Crippen molar-refractivity contribution in [1.82, 2.24) is 14.5 Å². The molecule has 6 nitrogen and oxygen atoms in total. The maximum Gasteiger partial charge on any atom is 0.317 e. The van der Waals surface area contributed by atoms with E-state index < -0.39 is 11.1 Å². The molecule has 0 atom stereocenters. The first-order valence-electron chi connectivity index (χ1n) is 10.2. The predicted octanol–water partition coefficient (Wildman–Crippen LogP) is 2.66. The molecule has 150 valence electrons. The van der Waals surface area contributed by atoms with E-state index in [1.165, 1.54) is 15.6 Å². The van der Waals surface area contributed by atoms with Crippen molar-refractivity contribution in [3.8, 4) is 0 Å². The molecule has 1 heterocycles. The van der Waals surface area contributed by atoms with E-state index in [-0.39, 0.29) is 18.5 Å². The summed E-state index contributed by atoms with van der Waals surface area (Å²) in [6.07, 6.45) is 5.38. The van der Waals surface area contributed by atoms with Gasteiger partial charge >= 0.3 is 11.1 Å². The predicted molar refractivity (Wildman–Crippen MR) is 113 cm³/mol. The lowest BCUT2D eigenvalue weighted by molar-refractivity contribution is -0.122. The third kappa shape index (κ3) is 4.16. The maximum absolute atomic E-state index is 12.9. The second kappa shape index (κ2) is 8.47. The summed E-state index contributed by atoms with van der Waals surface area (Å²) in [7, 11) is 0. The minimum absolute atomic E-state index is 0.142. The summed E-state index contributed by atoms with van der Waals surface area (Å²) in [6, 6.07) is 17.0. The molecule has 3 aromatic rings. The zero-order valence-electron chi connectivity index (χ0n) is 16.3. The smallest absolute Gasteiger partial charge is 0.317 e. The van der Waals surface area contributed by atoms with E-state index in [2.05, 4.69) is 5.32 Å². The average Bonchev–Trinajstić information content (AvgIpc) is 2.76. The van der Waals surface area contributed by atoms with Crippen molar-refractivity contribution in [2.45, 2.75) is 51.2 Å². The van der Waals surface area contributed by atoms with Crippen LogP contribution in [0, 0.1) is 0 Å². The number of nitrogens with zero attached hydrogens (tertiary/aromatic N) is 2. The lowest BCUT2D eigenvalue weighted by atomic mass is 9.95. The molecular formula is C23H25N3O3. The molecule has 1 aliphatic carbocycles. The molecule has 1 N–H and O–H groups in total. The number of hydrogen-bond acceptors (Lipinski definition) is 3. The standard InChI is InChI=1S/C23H25N3O3/c27-21(24-18-11-5-2-6-12-18)16-26-20-14-8-7-13-19(20)25(22(28)23(26)29)15-17-9-3-1-4-10-17/h1,3-4,7-10,13-14,18H,2,5-6,11-12,15-16H2,(H,24,27). The third-order valence-electron chi connectivity index (χ3n) is 5.59. The van der Waals surface area contributed by atoms with E-state index in [1.807, 2.05) is 48.5 Å². The van der Waals surface area contributed by atoms with Crippen LogP contribution < -0.4 is 16.4 Å². The first-order valence-corrected chi connectivity index (χ1v) is 10.2. The number of carbonyl (C=O) groups is 1. The summed E-state index contributed by atoms with van der Waals surface area (Å²) in [6.45, 7) is 0.168. The Labute approximate surface area is 168 Å². The van der Waals surface area contributed by atoms with Gasteiger partial charge < -0.3 is 5.32 Å². The van der Waals surface area contributed by atoms with Crippen molar-refractivity contribution in [3.63, 3.8) is 0 Å². The fourth-order valence-corrected chi connectivity index (χ4v) is 4.11. The fourth-order valence-electron chi connectivity index (χ4n) is 4.11. The molecular weight excluding hydrogens is 366 g/mol. The van der Waals surface area contributed by atoms with E-state index in [9.17, 15) is 14.4 Å². The van der Waals surface area contributed by atoms with Crippen LogP contribution in [0.1, 0.15) is 37.7 Å². The molecule has 0 saturated heterocycles. The van der Waals surface area contributed by atoms with Crippen molar-refractivity contribution in [1.29, 1.82) is 0 Å². The van der Waals surface area contributed by atoms with Gasteiger partial charge in [-0.1, -0.05) is 61.7 Å². The third-order valence-corrected chi connectivity index (χ3v) is 5.59. The van der Waals surface area contributed by atoms with Crippen LogP contribution in [0.3, 0.4) is 0 Å². The number of hydrogen-bond donors (Lipinski definition) is 1. The quantitative estimate of drug-likeness (QED) is 0.680. The second-order valence-corrected chi connectivity index (χ2v) is 7.66. The summed E-state index contributed by atoms with van der Waals surface area (Å²) in [5, 5.41) is 3.03. The molecule has 0 unspecified atom stereocenters. The maximum atomic E-state index is 12.9. The lowest BCUT2D eigenvalue weighted by Gasteiger charge is -2.23. The van der Waals surface area contributed by atoms with Gasteiger partial charge in [-0.3, -0.25) is 23.5 Å². The molecule has 1 aliphatic rings. The average molecular weight is 391 g/mol. The van der Waals surface area contributed by atoms with Gasteiger partial charge in [0.25, 0.3) is 0 Å². The Morgan fingerprint density at radius 3 is 2.10 bits per heavy atom. The SMILES string of the molecule is O=C(Cn1c(=O)c(=O)n(Cc2ccccc2)c2ccccc21)NC1CCCCC1. The number of benzene rings is 2. The number of rotatable bonds is 5. The normalized spacial score (nSPS) is 14.8. The molecule has 2 aromatic carbocycles. The van der Waals surface area contributed by atoms with Crippen LogP contribution in [-0.2, 0) is 17.9 Å². The fraction of sp³-hybridized carbons (Fsp3) is 0.348. The van der Waals surface area contributed by atoms with Gasteiger partial charge in [-0.15, -0.1) is 0 Å². The highest BCUT2D eigenvalue weighted by Gasteiger charge is 2.19. The second-order valence-electron chi connectivity index (χ2n) is 7.66. The van der Waals surface area contributed by atoms with Crippen molar-refractivity contribution < 1.29 is 4.79 Å². The molecule has 0 bridgehead atoms. The first kappa shape index (κ1) is 19.2. The minimum Gasteiger partial charge on any atom is -0.352 e. The number of aromatic nitrogens is 2. The molecule has 0 radical (unpaired) electrons. The van der Waals surface area contributed by atoms with Crippen molar-refractivity contribution in [3.05, 3.63) is 80.9 Å². The number of para-hydroxylation sites is 2. The highest BCUT2D eigenvalue weighted by Crippen LogP contribution is 2.17. The molecule has 1 saturated carbocycles. The van der Waals surface area contributed by atoms with Crippen LogP contribution in [0.25, 0.3) is 11.0 Å². The van der Waals surface area contributed by atoms with E-state index >= 15 is 0 Å². The van der Waals surface area contributed by atoms with Gasteiger partial charge in [0, 0.05) is 6.04 Å². The van der Waals surface area contributed by atoms with Crippen molar-refractivity contribution in [2.75, 3.05) is 0 Å². The van der Waals surface area contributed by atoms with E-state index in [0.29, 0.717) is 17.6 Å². The van der Waals surface area contributed by atoms with Crippen LogP contribution in [-0.4, -0.2) is 21.1 Å². The van der Waals surface area contributed by atoms with Crippen molar-refractivity contribution in [2.24, 2.45) is 0 Å². The number of amides is 1. The Kier molecular flexibility index (Phi) is 5.60. The van der Waals surface area contributed by atoms with Crippen LogP contribution in [0.5, 0.6) is 0 Å². The molecule has 29 heavy (non-hydrogen) atoms. The van der Waals surface area contributed by atoms with Crippen LogP contribution >= 0.6 is 0 Å². The molecule has 1 fully saturated rings. The molecule has 0 spiro atoms. The highest BCUT2D eigenvalue weighted by atomic mass is 16.2. The van der Waals surface area contributed by atoms with Gasteiger partial charge in [0.15, 0.2) is 0 Å². The van der Waals surface area contributed by atoms with E-state index in [0.717, 1.165) is 31.2 Å². The van der Waals surface area contributed by atoms with Gasteiger partial charge in [-0.05, 0) is 30.5 Å². The molecule has 1 amide bonds. The largest absolute Gasteiger partial charge is 0.352 e. The van der Waals surface area contributed by atoms with E-state index in [4.69, 9.17) is 0 Å². The van der Waals surface area contributed by atoms with Gasteiger partial charge in [0.2, 0.25) is 5.91 Å². The number of carbonyl (C=O) groups excluding carboxylic acids is 1. The molecule has 0 aliphatic heterocycles. The zero-order chi connectivity index (χ0) is 20.2. The summed E-state index contributed by atoms with van der Waals surface area (Å²) in [4.78, 5) is 38.3. The Morgan fingerprint density at radius 1 is 0.828 bits per heavy atom. The van der Waals surface area contributed by atoms with Gasteiger partial charge in [0.05, 0.1) is 17.6 Å². The molecule has 4 rings (SSSR count). The summed E-state index contributed by atoms with van der Waals surface area (Å²) in [5.74, 6) is -0.218.